The van der Waals surface area contributed by atoms with Crippen LogP contribution < -0.4 is 4.98 Å². The molecule has 0 atom stereocenters. The van der Waals surface area contributed by atoms with E-state index in [0.29, 0.717) is 0 Å². The van der Waals surface area contributed by atoms with E-state index in [1.165, 1.54) is 0 Å². The molecule has 0 saturated heterocycles. The third kappa shape index (κ3) is 5.08. The first kappa shape index (κ1) is 15.1. The van der Waals surface area contributed by atoms with Gasteiger partial charge in [0.15, 0.2) is 0 Å². The van der Waals surface area contributed by atoms with Gasteiger partial charge in [0.05, 0.1) is 6.10 Å². The quantitative estimate of drug-likeness (QED) is 0.620. The van der Waals surface area contributed by atoms with E-state index in [1.54, 1.807) is 14.2 Å². The maximum atomic E-state index is 5.95. The molecule has 0 radical (unpaired) electrons. The van der Waals surface area contributed by atoms with Crippen LogP contribution in [-0.4, -0.2) is 36.3 Å². The minimum atomic E-state index is -2.60. The zero-order valence-electron chi connectivity index (χ0n) is 10.6. The first-order valence-corrected chi connectivity index (χ1v) is 7.37. The summed E-state index contributed by atoms with van der Waals surface area (Å²) in [6, 6.07) is 0. The van der Waals surface area contributed by atoms with Gasteiger partial charge in [0.1, 0.15) is 0 Å². The molecule has 0 aromatic rings. The van der Waals surface area contributed by atoms with Crippen LogP contribution in [-0.2, 0) is 13.3 Å². The van der Waals surface area contributed by atoms with Crippen LogP contribution in [0.2, 0.25) is 0 Å². The monoisotopic (exact) mass is 235 g/mol. The van der Waals surface area contributed by atoms with Crippen molar-refractivity contribution in [3.8, 4) is 0 Å². The molecule has 92 valence electrons. The van der Waals surface area contributed by atoms with Gasteiger partial charge < -0.3 is 13.3 Å². The topological polar surface area (TPSA) is 39.7 Å². The molecule has 0 rings (SSSR count). The molecule has 0 aromatic carbocycles. The van der Waals surface area contributed by atoms with E-state index in [4.69, 9.17) is 13.3 Å². The van der Waals surface area contributed by atoms with Crippen LogP contribution >= 0.6 is 0 Å². The number of hydrogen-bond acceptors (Lipinski definition) is 4. The van der Waals surface area contributed by atoms with Crippen molar-refractivity contribution < 1.29 is 13.3 Å². The maximum Gasteiger partial charge on any atom is 0.596 e. The summed E-state index contributed by atoms with van der Waals surface area (Å²) in [5.74, 6) is 0. The fraction of sp³-hybridized carbons (Fsp3) is 1.00. The Morgan fingerprint density at radius 3 is 1.80 bits per heavy atom. The molecule has 0 aliphatic carbocycles. The first-order chi connectivity index (χ1) is 7.17. The highest BCUT2D eigenvalue weighted by Gasteiger charge is 2.40. The molecule has 0 aliphatic rings. The van der Waals surface area contributed by atoms with Gasteiger partial charge in [-0.2, -0.15) is 0 Å². The van der Waals surface area contributed by atoms with Gasteiger partial charge in [0.25, 0.3) is 0 Å². The Kier molecular flexibility index (Phi) is 8.27. The lowest BCUT2D eigenvalue weighted by Crippen LogP contribution is -2.57. The zero-order chi connectivity index (χ0) is 11.7. The van der Waals surface area contributed by atoms with Gasteiger partial charge in [-0.1, -0.05) is 26.7 Å². The van der Waals surface area contributed by atoms with Crippen LogP contribution in [0.4, 0.5) is 0 Å². The Morgan fingerprint density at radius 2 is 1.53 bits per heavy atom. The Bertz CT molecular complexity index is 139. The van der Waals surface area contributed by atoms with Crippen molar-refractivity contribution in [1.82, 2.24) is 4.98 Å². The molecule has 0 unspecified atom stereocenters. The molecule has 15 heavy (non-hydrogen) atoms. The van der Waals surface area contributed by atoms with E-state index < -0.39 is 8.97 Å². The van der Waals surface area contributed by atoms with Crippen molar-refractivity contribution in [2.45, 2.75) is 45.6 Å². The minimum absolute atomic E-state index is 0.235. The summed E-state index contributed by atoms with van der Waals surface area (Å²) < 4.78 is 16.6. The summed E-state index contributed by atoms with van der Waals surface area (Å²) in [6.07, 6.45) is 4.58. The van der Waals surface area contributed by atoms with Crippen molar-refractivity contribution in [3.05, 3.63) is 0 Å². The molecule has 0 saturated carbocycles. The smallest absolute Gasteiger partial charge is 0.364 e. The van der Waals surface area contributed by atoms with E-state index in [9.17, 15) is 0 Å². The fourth-order valence-electron chi connectivity index (χ4n) is 1.57. The van der Waals surface area contributed by atoms with Gasteiger partial charge >= 0.3 is 8.97 Å². The summed E-state index contributed by atoms with van der Waals surface area (Å²) in [6.45, 7) is 4.32. The number of nitrogens with one attached hydrogen (secondary N) is 1. The van der Waals surface area contributed by atoms with E-state index in [0.717, 1.165) is 25.7 Å². The second-order valence-electron chi connectivity index (χ2n) is 3.53. The van der Waals surface area contributed by atoms with Crippen LogP contribution in [0.25, 0.3) is 0 Å². The summed E-state index contributed by atoms with van der Waals surface area (Å²) in [4.78, 5) is 3.03. The van der Waals surface area contributed by atoms with Crippen molar-refractivity contribution in [2.24, 2.45) is 0 Å². The summed E-state index contributed by atoms with van der Waals surface area (Å²) in [5, 5.41) is 0. The lowest BCUT2D eigenvalue weighted by atomic mass is 10.1. The van der Waals surface area contributed by atoms with Gasteiger partial charge in [-0.25, -0.2) is 0 Å². The predicted molar refractivity (Wildman–Crippen MR) is 63.5 cm³/mol. The zero-order valence-corrected chi connectivity index (χ0v) is 11.6. The lowest BCUT2D eigenvalue weighted by Gasteiger charge is -2.29. The Hall–Kier alpha value is 0.0569. The van der Waals surface area contributed by atoms with E-state index in [2.05, 4.69) is 18.8 Å². The first-order valence-electron chi connectivity index (χ1n) is 5.65. The van der Waals surface area contributed by atoms with E-state index in [1.807, 2.05) is 7.05 Å². The second kappa shape index (κ2) is 8.24. The molecule has 1 N–H and O–H groups in total. The minimum Gasteiger partial charge on any atom is -0.364 e. The summed E-state index contributed by atoms with van der Waals surface area (Å²) >= 11 is 0. The molecule has 0 heterocycles. The Morgan fingerprint density at radius 1 is 1.07 bits per heavy atom. The van der Waals surface area contributed by atoms with Crippen LogP contribution in [0, 0.1) is 0 Å². The van der Waals surface area contributed by atoms with Crippen molar-refractivity contribution in [1.29, 1.82) is 0 Å². The van der Waals surface area contributed by atoms with Gasteiger partial charge in [-0.05, 0) is 19.9 Å². The third-order valence-corrected chi connectivity index (χ3v) is 4.72. The fourth-order valence-corrected chi connectivity index (χ4v) is 3.13. The molecule has 0 fully saturated rings. The highest BCUT2D eigenvalue weighted by molar-refractivity contribution is 6.57. The van der Waals surface area contributed by atoms with Crippen LogP contribution in [0.15, 0.2) is 0 Å². The lowest BCUT2D eigenvalue weighted by molar-refractivity contribution is 0.0390. The average Bonchev–Trinajstić information content (AvgIpc) is 2.27. The second-order valence-corrected chi connectivity index (χ2v) is 6.20. The maximum absolute atomic E-state index is 5.95. The van der Waals surface area contributed by atoms with Gasteiger partial charge in [0.2, 0.25) is 0 Å². The molecule has 0 aliphatic heterocycles. The number of rotatable bonds is 9. The molecular weight excluding hydrogens is 210 g/mol. The largest absolute Gasteiger partial charge is 0.596 e. The van der Waals surface area contributed by atoms with Crippen molar-refractivity contribution in [3.63, 3.8) is 0 Å². The van der Waals surface area contributed by atoms with Crippen molar-refractivity contribution >= 4 is 8.97 Å². The van der Waals surface area contributed by atoms with E-state index in [-0.39, 0.29) is 6.10 Å². The van der Waals surface area contributed by atoms with Gasteiger partial charge in [-0.15, -0.1) is 0 Å². The Balaban J connectivity index is 4.30. The third-order valence-electron chi connectivity index (χ3n) is 2.39. The van der Waals surface area contributed by atoms with E-state index >= 15 is 0 Å². The molecule has 0 bridgehead atoms. The highest BCUT2D eigenvalue weighted by Crippen LogP contribution is 2.15. The van der Waals surface area contributed by atoms with Crippen LogP contribution in [0.5, 0.6) is 0 Å². The molecule has 0 aromatic heterocycles. The van der Waals surface area contributed by atoms with Crippen molar-refractivity contribution in [2.75, 3.05) is 21.3 Å². The van der Waals surface area contributed by atoms with Gasteiger partial charge in [0, 0.05) is 14.2 Å². The van der Waals surface area contributed by atoms with Crippen LogP contribution in [0.3, 0.4) is 0 Å². The standard InChI is InChI=1S/C10H25NO3Si/c1-6-8-10(9-7-2)14-15(11-3,12-4)13-5/h10-11H,6-9H2,1-5H3. The Labute approximate surface area is 94.7 Å². The molecule has 0 spiro atoms. The molecular formula is C10H25NO3Si. The SMILES string of the molecule is CCCC(CCC)O[Si](NC)(OC)OC. The molecule has 0 amide bonds. The van der Waals surface area contributed by atoms with Crippen LogP contribution in [0.1, 0.15) is 39.5 Å². The summed E-state index contributed by atoms with van der Waals surface area (Å²) in [5.41, 5.74) is 0. The summed E-state index contributed by atoms with van der Waals surface area (Å²) in [7, 11) is 2.46. The number of hydrogen-bond donors (Lipinski definition) is 1. The predicted octanol–water partition coefficient (Wildman–Crippen LogP) is 1.92. The highest BCUT2D eigenvalue weighted by atomic mass is 28.4. The van der Waals surface area contributed by atoms with Gasteiger partial charge in [-0.3, -0.25) is 4.98 Å². The normalized spacial score (nSPS) is 12.4. The molecule has 4 nitrogen and oxygen atoms in total. The average molecular weight is 235 g/mol. The molecule has 5 heteroatoms.